The third-order valence-electron chi connectivity index (χ3n) is 3.55. The van der Waals surface area contributed by atoms with Gasteiger partial charge in [-0.15, -0.1) is 0 Å². The van der Waals surface area contributed by atoms with E-state index in [0.717, 1.165) is 23.8 Å². The number of sulfonamides is 1. The molecule has 0 aromatic heterocycles. The number of halogens is 1. The zero-order valence-electron chi connectivity index (χ0n) is 11.3. The summed E-state index contributed by atoms with van der Waals surface area (Å²) in [5.41, 5.74) is 0.589. The van der Waals surface area contributed by atoms with Crippen molar-refractivity contribution in [1.29, 1.82) is 0 Å². The molecule has 1 aliphatic heterocycles. The molecule has 114 valence electrons. The molecule has 0 radical (unpaired) electrons. The third-order valence-corrected chi connectivity index (χ3v) is 5.36. The highest BCUT2D eigenvalue weighted by Crippen LogP contribution is 2.33. The van der Waals surface area contributed by atoms with Crippen LogP contribution in [0.5, 0.6) is 0 Å². The van der Waals surface area contributed by atoms with Gasteiger partial charge in [0.1, 0.15) is 0 Å². The molecule has 0 spiro atoms. The molecule has 0 fully saturated rings. The van der Waals surface area contributed by atoms with Crippen molar-refractivity contribution in [3.63, 3.8) is 0 Å². The Labute approximate surface area is 126 Å². The molecule has 0 amide bonds. The van der Waals surface area contributed by atoms with Crippen molar-refractivity contribution in [2.45, 2.75) is 11.3 Å². The molecule has 1 aliphatic rings. The van der Waals surface area contributed by atoms with Gasteiger partial charge in [0, 0.05) is 12.6 Å². The van der Waals surface area contributed by atoms with E-state index in [2.05, 4.69) is 0 Å². The summed E-state index contributed by atoms with van der Waals surface area (Å²) >= 11 is 0. The first-order chi connectivity index (χ1) is 10.4. The van der Waals surface area contributed by atoms with Crippen molar-refractivity contribution >= 4 is 21.4 Å². The Hall–Kier alpha value is -2.48. The Morgan fingerprint density at radius 1 is 1.18 bits per heavy atom. The summed E-state index contributed by atoms with van der Waals surface area (Å²) in [5, 5.41) is 10.8. The number of rotatable bonds is 3. The van der Waals surface area contributed by atoms with E-state index < -0.39 is 26.5 Å². The summed E-state index contributed by atoms with van der Waals surface area (Å²) in [4.78, 5) is 9.55. The van der Waals surface area contributed by atoms with Gasteiger partial charge in [-0.05, 0) is 30.2 Å². The molecule has 2 aromatic rings. The second-order valence-electron chi connectivity index (χ2n) is 4.83. The Morgan fingerprint density at radius 2 is 1.91 bits per heavy atom. The van der Waals surface area contributed by atoms with Gasteiger partial charge in [-0.1, -0.05) is 18.2 Å². The van der Waals surface area contributed by atoms with Crippen LogP contribution < -0.4 is 4.31 Å². The van der Waals surface area contributed by atoms with Crippen LogP contribution in [0.1, 0.15) is 5.56 Å². The van der Waals surface area contributed by atoms with Crippen LogP contribution in [0.15, 0.2) is 47.4 Å². The second-order valence-corrected chi connectivity index (χ2v) is 6.69. The summed E-state index contributed by atoms with van der Waals surface area (Å²) < 4.78 is 39.9. The Morgan fingerprint density at radius 3 is 2.64 bits per heavy atom. The molecule has 0 N–H and O–H groups in total. The summed E-state index contributed by atoms with van der Waals surface area (Å²) in [6, 6.07) is 9.64. The monoisotopic (exact) mass is 322 g/mol. The lowest BCUT2D eigenvalue weighted by Crippen LogP contribution is -2.29. The average Bonchev–Trinajstić information content (AvgIpc) is 2.91. The predicted octanol–water partition coefficient (Wildman–Crippen LogP) is 2.49. The minimum absolute atomic E-state index is 0.257. The molecule has 0 aliphatic carbocycles. The van der Waals surface area contributed by atoms with Crippen LogP contribution in [-0.4, -0.2) is 19.9 Å². The number of nitro groups is 1. The quantitative estimate of drug-likeness (QED) is 0.642. The summed E-state index contributed by atoms with van der Waals surface area (Å²) in [6.45, 7) is 0.257. The number of nitro benzene ring substituents is 1. The van der Waals surface area contributed by atoms with Crippen LogP contribution in [0, 0.1) is 15.9 Å². The van der Waals surface area contributed by atoms with Crippen molar-refractivity contribution in [2.24, 2.45) is 0 Å². The number of hydrogen-bond acceptors (Lipinski definition) is 4. The number of nitrogens with zero attached hydrogens (tertiary/aromatic N) is 2. The molecule has 0 atom stereocenters. The van der Waals surface area contributed by atoms with Crippen molar-refractivity contribution in [1.82, 2.24) is 0 Å². The largest absolute Gasteiger partial charge is 0.306 e. The maximum absolute atomic E-state index is 13.4. The van der Waals surface area contributed by atoms with Gasteiger partial charge in [-0.25, -0.2) is 8.42 Å². The highest BCUT2D eigenvalue weighted by molar-refractivity contribution is 7.92. The van der Waals surface area contributed by atoms with Crippen molar-refractivity contribution in [3.8, 4) is 0 Å². The lowest BCUT2D eigenvalue weighted by molar-refractivity contribution is -0.387. The van der Waals surface area contributed by atoms with Crippen LogP contribution >= 0.6 is 0 Å². The lowest BCUT2D eigenvalue weighted by Gasteiger charge is -2.19. The van der Waals surface area contributed by atoms with Crippen LogP contribution in [-0.2, 0) is 16.4 Å². The van der Waals surface area contributed by atoms with Crippen LogP contribution in [0.3, 0.4) is 0 Å². The molecular weight excluding hydrogens is 311 g/mol. The molecule has 0 saturated heterocycles. The van der Waals surface area contributed by atoms with E-state index in [1.54, 1.807) is 12.1 Å². The fourth-order valence-corrected chi connectivity index (χ4v) is 4.00. The maximum atomic E-state index is 13.4. The molecule has 1 heterocycles. The summed E-state index contributed by atoms with van der Waals surface area (Å²) in [5.74, 6) is -1.06. The van der Waals surface area contributed by atoms with Gasteiger partial charge < -0.3 is 0 Å². The van der Waals surface area contributed by atoms with Crippen LogP contribution in [0.2, 0.25) is 0 Å². The number of fused-ring (bicyclic) bond motifs is 1. The van der Waals surface area contributed by atoms with E-state index >= 15 is 0 Å². The first kappa shape index (κ1) is 14.5. The van der Waals surface area contributed by atoms with Crippen molar-refractivity contribution in [2.75, 3.05) is 10.8 Å². The maximum Gasteiger partial charge on any atom is 0.306 e. The van der Waals surface area contributed by atoms with Crippen molar-refractivity contribution in [3.05, 3.63) is 64.0 Å². The first-order valence-electron chi connectivity index (χ1n) is 6.46. The van der Waals surface area contributed by atoms with Gasteiger partial charge in [-0.2, -0.15) is 4.39 Å². The van der Waals surface area contributed by atoms with E-state index in [-0.39, 0.29) is 11.4 Å². The SMILES string of the molecule is O=[N+]([O-])c1cc(S(=O)(=O)N2CCc3ccccc32)ccc1F. The topological polar surface area (TPSA) is 80.5 Å². The third kappa shape index (κ3) is 2.21. The zero-order chi connectivity index (χ0) is 15.9. The fourth-order valence-electron chi connectivity index (χ4n) is 2.48. The van der Waals surface area contributed by atoms with E-state index in [9.17, 15) is 22.9 Å². The normalized spacial score (nSPS) is 14.0. The van der Waals surface area contributed by atoms with E-state index in [0.29, 0.717) is 12.1 Å². The number of benzene rings is 2. The second kappa shape index (κ2) is 5.06. The van der Waals surface area contributed by atoms with Gasteiger partial charge in [0.2, 0.25) is 5.82 Å². The van der Waals surface area contributed by atoms with Crippen molar-refractivity contribution < 1.29 is 17.7 Å². The van der Waals surface area contributed by atoms with Gasteiger partial charge in [-0.3, -0.25) is 14.4 Å². The first-order valence-corrected chi connectivity index (χ1v) is 7.90. The molecule has 8 heteroatoms. The minimum atomic E-state index is -3.96. The smallest absolute Gasteiger partial charge is 0.266 e. The standard InChI is InChI=1S/C14H11FN2O4S/c15-12-6-5-11(9-14(12)17(18)19)22(20,21)16-8-7-10-3-1-2-4-13(10)16/h1-6,9H,7-8H2. The van der Waals surface area contributed by atoms with Crippen LogP contribution in [0.4, 0.5) is 15.8 Å². The fraction of sp³-hybridized carbons (Fsp3) is 0.143. The Kier molecular flexibility index (Phi) is 3.32. The molecule has 0 unspecified atom stereocenters. The number of anilines is 1. The molecule has 0 saturated carbocycles. The van der Waals surface area contributed by atoms with Gasteiger partial charge in [0.15, 0.2) is 0 Å². The molecule has 2 aromatic carbocycles. The van der Waals surface area contributed by atoms with Gasteiger partial charge >= 0.3 is 5.69 Å². The highest BCUT2D eigenvalue weighted by Gasteiger charge is 2.32. The van der Waals surface area contributed by atoms with E-state index in [1.807, 2.05) is 12.1 Å². The van der Waals surface area contributed by atoms with Gasteiger partial charge in [0.05, 0.1) is 15.5 Å². The predicted molar refractivity (Wildman–Crippen MR) is 77.7 cm³/mol. The molecular formula is C14H11FN2O4S. The number of hydrogen-bond donors (Lipinski definition) is 0. The zero-order valence-corrected chi connectivity index (χ0v) is 12.1. The lowest BCUT2D eigenvalue weighted by atomic mass is 10.2. The average molecular weight is 322 g/mol. The molecule has 6 nitrogen and oxygen atoms in total. The molecule has 0 bridgehead atoms. The highest BCUT2D eigenvalue weighted by atomic mass is 32.2. The minimum Gasteiger partial charge on any atom is -0.266 e. The Bertz CT molecular complexity index is 867. The summed E-state index contributed by atoms with van der Waals surface area (Å²) in [6.07, 6.45) is 0.568. The molecule has 22 heavy (non-hydrogen) atoms. The van der Waals surface area contributed by atoms with Crippen LogP contribution in [0.25, 0.3) is 0 Å². The van der Waals surface area contributed by atoms with E-state index in [1.165, 1.54) is 4.31 Å². The number of para-hydroxylation sites is 1. The van der Waals surface area contributed by atoms with E-state index in [4.69, 9.17) is 0 Å². The molecule has 3 rings (SSSR count). The summed E-state index contributed by atoms with van der Waals surface area (Å²) in [7, 11) is -3.96. The van der Waals surface area contributed by atoms with Gasteiger partial charge in [0.25, 0.3) is 10.0 Å². The Balaban J connectivity index is 2.09.